The summed E-state index contributed by atoms with van der Waals surface area (Å²) in [5, 5.41) is 27.8. The molecular weight excluding hydrogens is 286 g/mol. The normalized spacial score (nSPS) is 11.8. The predicted molar refractivity (Wildman–Crippen MR) is 67.5 cm³/mol. The van der Waals surface area contributed by atoms with E-state index in [0.29, 0.717) is 10.4 Å². The number of aromatic nitrogens is 1. The summed E-state index contributed by atoms with van der Waals surface area (Å²) in [6.45, 7) is 0. The lowest BCUT2D eigenvalue weighted by atomic mass is 10.3. The van der Waals surface area contributed by atoms with Gasteiger partial charge in [-0.25, -0.2) is 4.73 Å². The van der Waals surface area contributed by atoms with Crippen molar-refractivity contribution in [3.8, 4) is 5.75 Å². The molecule has 0 aliphatic heterocycles. The number of azo groups is 1. The molecule has 104 valence electrons. The molecular formula is C11H9N3O5S. The zero-order valence-electron chi connectivity index (χ0n) is 9.91. The maximum absolute atomic E-state index is 11.3. The van der Waals surface area contributed by atoms with Crippen molar-refractivity contribution in [2.24, 2.45) is 10.2 Å². The highest BCUT2D eigenvalue weighted by molar-refractivity contribution is 7.85. The maximum Gasteiger partial charge on any atom is 0.353 e. The smallest absolute Gasteiger partial charge is 0.353 e. The average molecular weight is 295 g/mol. The Hall–Kier alpha value is -2.52. The molecule has 2 N–H and O–H groups in total. The van der Waals surface area contributed by atoms with Gasteiger partial charge in [-0.2, -0.15) is 8.42 Å². The Kier molecular flexibility index (Phi) is 3.63. The molecule has 0 spiro atoms. The highest BCUT2D eigenvalue weighted by Gasteiger charge is 2.09. The second-order valence-electron chi connectivity index (χ2n) is 3.74. The Morgan fingerprint density at radius 3 is 2.25 bits per heavy atom. The fraction of sp³-hybridized carbons (Fsp3) is 0. The third kappa shape index (κ3) is 3.28. The van der Waals surface area contributed by atoms with E-state index in [0.717, 1.165) is 18.3 Å². The Balaban J connectivity index is 2.24. The molecule has 0 aliphatic carbocycles. The second-order valence-corrected chi connectivity index (χ2v) is 5.16. The fourth-order valence-electron chi connectivity index (χ4n) is 1.33. The summed E-state index contributed by atoms with van der Waals surface area (Å²) >= 11 is 0. The zero-order valence-corrected chi connectivity index (χ0v) is 10.7. The van der Waals surface area contributed by atoms with E-state index in [2.05, 4.69) is 10.2 Å². The first-order valence-electron chi connectivity index (χ1n) is 5.28. The van der Waals surface area contributed by atoms with Crippen molar-refractivity contribution < 1.29 is 22.8 Å². The van der Waals surface area contributed by atoms with Gasteiger partial charge in [-0.15, -0.1) is 0 Å². The first-order valence-corrected chi connectivity index (χ1v) is 6.72. The molecule has 0 unspecified atom stereocenters. The fourth-order valence-corrected chi connectivity index (χ4v) is 1.81. The average Bonchev–Trinajstić information content (AvgIpc) is 2.37. The van der Waals surface area contributed by atoms with Crippen LogP contribution in [0.1, 0.15) is 0 Å². The van der Waals surface area contributed by atoms with Crippen LogP contribution in [0.4, 0.5) is 11.5 Å². The topological polar surface area (TPSA) is 126 Å². The molecule has 2 aromatic rings. The van der Waals surface area contributed by atoms with E-state index in [1.165, 1.54) is 24.3 Å². The van der Waals surface area contributed by atoms with Crippen LogP contribution in [-0.4, -0.2) is 18.1 Å². The summed E-state index contributed by atoms with van der Waals surface area (Å²) in [5.41, 5.74) is 0.297. The minimum atomic E-state index is -4.25. The van der Waals surface area contributed by atoms with Gasteiger partial charge in [0.1, 0.15) is 11.9 Å². The number of pyridine rings is 1. The van der Waals surface area contributed by atoms with Crippen molar-refractivity contribution >= 4 is 21.6 Å². The summed E-state index contributed by atoms with van der Waals surface area (Å²) in [4.78, 5) is -0.264. The van der Waals surface area contributed by atoms with Gasteiger partial charge >= 0.3 is 5.82 Å². The molecule has 0 saturated carbocycles. The van der Waals surface area contributed by atoms with Crippen LogP contribution >= 0.6 is 0 Å². The van der Waals surface area contributed by atoms with Crippen molar-refractivity contribution in [2.45, 2.75) is 4.90 Å². The van der Waals surface area contributed by atoms with E-state index >= 15 is 0 Å². The first kappa shape index (κ1) is 13.9. The van der Waals surface area contributed by atoms with Gasteiger partial charge in [-0.3, -0.25) is 4.55 Å². The monoisotopic (exact) mass is 295 g/mol. The third-order valence-electron chi connectivity index (χ3n) is 2.28. The molecule has 0 fully saturated rings. The van der Waals surface area contributed by atoms with E-state index in [1.807, 2.05) is 0 Å². The van der Waals surface area contributed by atoms with Crippen LogP contribution in [0.5, 0.6) is 5.75 Å². The highest BCUT2D eigenvalue weighted by atomic mass is 32.2. The van der Waals surface area contributed by atoms with Crippen LogP contribution in [0.15, 0.2) is 57.7 Å². The molecule has 1 heterocycles. The number of benzene rings is 1. The standard InChI is InChI=1S/C11H9N3O5S/c15-9-3-6-11(14(16)7-9)13-12-8-1-4-10(5-2-8)20(17,18)19/h1-7,15H,(H,17,18,19). The Labute approximate surface area is 114 Å². The molecule has 2 rings (SSSR count). The van der Waals surface area contributed by atoms with Gasteiger partial charge in [0.25, 0.3) is 10.1 Å². The lowest BCUT2D eigenvalue weighted by Crippen LogP contribution is -2.24. The highest BCUT2D eigenvalue weighted by Crippen LogP contribution is 2.19. The van der Waals surface area contributed by atoms with Gasteiger partial charge in [0.05, 0.1) is 10.0 Å². The summed E-state index contributed by atoms with van der Waals surface area (Å²) < 4.78 is 30.8. The SMILES string of the molecule is O=S(=O)(O)c1ccc(N=Nc2ccc(O)c[n+]2[O-])cc1. The Bertz CT molecular complexity index is 756. The molecule has 1 aromatic heterocycles. The quantitative estimate of drug-likeness (QED) is 0.385. The van der Waals surface area contributed by atoms with Crippen molar-refractivity contribution in [1.82, 2.24) is 0 Å². The number of aromatic hydroxyl groups is 1. The number of nitrogens with zero attached hydrogens (tertiary/aromatic N) is 3. The van der Waals surface area contributed by atoms with Crippen molar-refractivity contribution in [2.75, 3.05) is 0 Å². The van der Waals surface area contributed by atoms with E-state index < -0.39 is 10.1 Å². The molecule has 20 heavy (non-hydrogen) atoms. The molecule has 0 atom stereocenters. The third-order valence-corrected chi connectivity index (χ3v) is 3.15. The molecule has 0 saturated heterocycles. The van der Waals surface area contributed by atoms with Crippen LogP contribution in [0, 0.1) is 5.21 Å². The maximum atomic E-state index is 11.3. The second kappa shape index (κ2) is 5.23. The van der Waals surface area contributed by atoms with Crippen molar-refractivity contribution in [3.63, 3.8) is 0 Å². The minimum absolute atomic E-state index is 0.0401. The lowest BCUT2D eigenvalue weighted by molar-refractivity contribution is -0.592. The Morgan fingerprint density at radius 2 is 1.70 bits per heavy atom. The van der Waals surface area contributed by atoms with Gasteiger partial charge in [0.2, 0.25) is 0 Å². The van der Waals surface area contributed by atoms with Crippen LogP contribution < -0.4 is 4.73 Å². The molecule has 0 amide bonds. The molecule has 1 aromatic carbocycles. The minimum Gasteiger partial charge on any atom is -0.710 e. The van der Waals surface area contributed by atoms with E-state index in [-0.39, 0.29) is 16.5 Å². The summed E-state index contributed by atoms with van der Waals surface area (Å²) in [6.07, 6.45) is 0.926. The molecule has 0 bridgehead atoms. The van der Waals surface area contributed by atoms with E-state index in [9.17, 15) is 13.6 Å². The largest absolute Gasteiger partial charge is 0.710 e. The summed E-state index contributed by atoms with van der Waals surface area (Å²) in [7, 11) is -4.25. The zero-order chi connectivity index (χ0) is 14.8. The van der Waals surface area contributed by atoms with Gasteiger partial charge < -0.3 is 10.3 Å². The number of hydrogen-bond donors (Lipinski definition) is 2. The molecule has 0 radical (unpaired) electrons. The van der Waals surface area contributed by atoms with Gasteiger partial charge in [-0.05, 0) is 35.4 Å². The first-order chi connectivity index (χ1) is 9.36. The van der Waals surface area contributed by atoms with Gasteiger partial charge in [0.15, 0.2) is 5.75 Å². The van der Waals surface area contributed by atoms with E-state index in [4.69, 9.17) is 9.66 Å². The molecule has 0 aliphatic rings. The Morgan fingerprint density at radius 1 is 1.05 bits per heavy atom. The van der Waals surface area contributed by atoms with Crippen LogP contribution in [0.25, 0.3) is 0 Å². The van der Waals surface area contributed by atoms with Crippen molar-refractivity contribution in [1.29, 1.82) is 0 Å². The van der Waals surface area contributed by atoms with E-state index in [1.54, 1.807) is 0 Å². The van der Waals surface area contributed by atoms with Crippen LogP contribution in [0.3, 0.4) is 0 Å². The lowest BCUT2D eigenvalue weighted by Gasteiger charge is -2.01. The number of rotatable bonds is 3. The van der Waals surface area contributed by atoms with Crippen LogP contribution in [0.2, 0.25) is 0 Å². The van der Waals surface area contributed by atoms with Gasteiger partial charge in [-0.1, -0.05) is 0 Å². The number of hydrogen-bond acceptors (Lipinski definition) is 6. The molecule has 8 nitrogen and oxygen atoms in total. The van der Waals surface area contributed by atoms with Gasteiger partial charge in [0, 0.05) is 6.07 Å². The van der Waals surface area contributed by atoms with Crippen molar-refractivity contribution in [3.05, 3.63) is 47.8 Å². The molecule has 9 heteroatoms. The van der Waals surface area contributed by atoms with Crippen LogP contribution in [-0.2, 0) is 10.1 Å². The summed E-state index contributed by atoms with van der Waals surface area (Å²) in [6, 6.07) is 7.52. The predicted octanol–water partition coefficient (Wildman–Crippen LogP) is 1.69. The summed E-state index contributed by atoms with van der Waals surface area (Å²) in [5.74, 6) is -0.238.